The van der Waals surface area contributed by atoms with Gasteiger partial charge in [-0.2, -0.15) is 0 Å². The van der Waals surface area contributed by atoms with Crippen molar-refractivity contribution >= 4 is 14.3 Å². The molecular weight excluding hydrogens is 276 g/mol. The van der Waals surface area contributed by atoms with E-state index in [0.29, 0.717) is 0 Å². The number of rotatable bonds is 3. The average Bonchev–Trinajstić information content (AvgIpc) is 2.74. The first-order valence-corrected chi connectivity index (χ1v) is 10.1. The molecule has 5 atom stereocenters. The van der Waals surface area contributed by atoms with Gasteiger partial charge in [0.2, 0.25) is 0 Å². The third-order valence-electron chi connectivity index (χ3n) is 4.69. The van der Waals surface area contributed by atoms with E-state index in [4.69, 9.17) is 13.9 Å². The number of hydrogen-bond acceptors (Lipinski definition) is 5. The van der Waals surface area contributed by atoms with E-state index < -0.39 is 20.5 Å². The number of aliphatic hydroxyl groups is 1. The molecule has 0 aromatic rings. The Morgan fingerprint density at radius 3 is 2.50 bits per heavy atom. The second-order valence-corrected chi connectivity index (χ2v) is 12.1. The number of aliphatic hydroxyl groups excluding tert-OH is 1. The summed E-state index contributed by atoms with van der Waals surface area (Å²) in [7, 11) is -2.02. The molecule has 0 aliphatic carbocycles. The van der Waals surface area contributed by atoms with Gasteiger partial charge in [0.15, 0.2) is 14.4 Å². The fraction of sp³-hybridized carbons (Fsp3) is 0.929. The van der Waals surface area contributed by atoms with Gasteiger partial charge in [-0.1, -0.05) is 20.8 Å². The van der Waals surface area contributed by atoms with Crippen molar-refractivity contribution < 1.29 is 23.8 Å². The van der Waals surface area contributed by atoms with Crippen LogP contribution in [0.3, 0.4) is 0 Å². The average molecular weight is 302 g/mol. The van der Waals surface area contributed by atoms with Crippen molar-refractivity contribution in [3.8, 4) is 0 Å². The molecule has 2 heterocycles. The summed E-state index contributed by atoms with van der Waals surface area (Å²) < 4.78 is 17.5. The molecule has 0 aromatic heterocycles. The zero-order chi connectivity index (χ0) is 15.3. The third-order valence-corrected chi connectivity index (χ3v) is 9.17. The van der Waals surface area contributed by atoms with Crippen LogP contribution in [0.4, 0.5) is 0 Å². The van der Waals surface area contributed by atoms with Crippen LogP contribution >= 0.6 is 0 Å². The minimum absolute atomic E-state index is 0.0525. The predicted octanol–water partition coefficient (Wildman–Crippen LogP) is 1.84. The van der Waals surface area contributed by atoms with Gasteiger partial charge in [0.1, 0.15) is 18.3 Å². The molecule has 0 aromatic carbocycles. The highest BCUT2D eigenvalue weighted by atomic mass is 28.4. The molecule has 2 aliphatic rings. The van der Waals surface area contributed by atoms with Gasteiger partial charge in [0.05, 0.1) is 12.5 Å². The molecule has 0 bridgehead atoms. The molecule has 0 saturated carbocycles. The summed E-state index contributed by atoms with van der Waals surface area (Å²) in [6.07, 6.45) is -1.84. The lowest BCUT2D eigenvalue weighted by molar-refractivity contribution is -0.146. The summed E-state index contributed by atoms with van der Waals surface area (Å²) in [6.45, 7) is 12.5. The van der Waals surface area contributed by atoms with Crippen LogP contribution < -0.4 is 0 Å². The highest BCUT2D eigenvalue weighted by molar-refractivity contribution is 6.74. The Morgan fingerprint density at radius 1 is 1.40 bits per heavy atom. The Hall–Kier alpha value is -0.433. The summed E-state index contributed by atoms with van der Waals surface area (Å²) in [5, 5.41) is 9.97. The Labute approximate surface area is 121 Å². The second-order valence-electron chi connectivity index (χ2n) is 7.38. The molecule has 5 nitrogen and oxygen atoms in total. The Kier molecular flexibility index (Phi) is 4.05. The Bertz CT molecular complexity index is 388. The van der Waals surface area contributed by atoms with Crippen molar-refractivity contribution in [1.29, 1.82) is 0 Å². The molecule has 0 amide bonds. The molecule has 20 heavy (non-hydrogen) atoms. The fourth-order valence-electron chi connectivity index (χ4n) is 2.47. The highest BCUT2D eigenvalue weighted by Gasteiger charge is 2.56. The first-order chi connectivity index (χ1) is 9.03. The molecule has 2 rings (SSSR count). The molecule has 1 N–H and O–H groups in total. The fourth-order valence-corrected chi connectivity index (χ4v) is 3.77. The largest absolute Gasteiger partial charge is 0.457 e. The number of carbonyl (C=O) groups excluding carboxylic acids is 1. The molecular formula is C14H26O5Si. The summed E-state index contributed by atoms with van der Waals surface area (Å²) in [5.74, 6) is -0.243. The topological polar surface area (TPSA) is 65.0 Å². The summed E-state index contributed by atoms with van der Waals surface area (Å²) in [5.41, 5.74) is 0. The van der Waals surface area contributed by atoms with Crippen LogP contribution in [0, 0.1) is 0 Å². The van der Waals surface area contributed by atoms with Crippen molar-refractivity contribution in [2.75, 3.05) is 0 Å². The number of carbonyl (C=O) groups is 1. The van der Waals surface area contributed by atoms with Crippen LogP contribution in [-0.4, -0.2) is 49.9 Å². The van der Waals surface area contributed by atoms with E-state index in [-0.39, 0.29) is 35.7 Å². The van der Waals surface area contributed by atoms with Gasteiger partial charge >= 0.3 is 5.97 Å². The number of esters is 1. The van der Waals surface area contributed by atoms with E-state index in [0.717, 1.165) is 0 Å². The van der Waals surface area contributed by atoms with Gasteiger partial charge in [-0.15, -0.1) is 0 Å². The van der Waals surface area contributed by atoms with Crippen LogP contribution in [0.15, 0.2) is 0 Å². The lowest BCUT2D eigenvalue weighted by Crippen LogP contribution is -2.51. The van der Waals surface area contributed by atoms with E-state index in [9.17, 15) is 9.90 Å². The Morgan fingerprint density at radius 2 is 2.00 bits per heavy atom. The molecule has 0 radical (unpaired) electrons. The first-order valence-electron chi connectivity index (χ1n) is 7.24. The van der Waals surface area contributed by atoms with E-state index in [2.05, 4.69) is 33.9 Å². The Balaban J connectivity index is 2.19. The number of fused-ring (bicyclic) bond motifs is 1. The smallest absolute Gasteiger partial charge is 0.309 e. The molecule has 2 aliphatic heterocycles. The van der Waals surface area contributed by atoms with Gasteiger partial charge in [0.25, 0.3) is 0 Å². The van der Waals surface area contributed by atoms with Gasteiger partial charge in [-0.3, -0.25) is 4.79 Å². The molecule has 0 spiro atoms. The molecule has 0 unspecified atom stereocenters. The van der Waals surface area contributed by atoms with Crippen molar-refractivity contribution in [2.24, 2.45) is 0 Å². The third kappa shape index (κ3) is 2.79. The SMILES string of the molecule is C[C@@H](O)[C@@H]1O[C@@H]2CC(=O)O[C@@H]2[C@H]1O[Si](C)(C)C(C)(C)C. The zero-order valence-corrected chi connectivity index (χ0v) is 14.2. The quantitative estimate of drug-likeness (QED) is 0.636. The molecule has 2 saturated heterocycles. The maximum Gasteiger partial charge on any atom is 0.309 e. The van der Waals surface area contributed by atoms with Crippen molar-refractivity contribution in [3.63, 3.8) is 0 Å². The van der Waals surface area contributed by atoms with Crippen LogP contribution in [0.25, 0.3) is 0 Å². The number of ether oxygens (including phenoxy) is 2. The summed E-state index contributed by atoms with van der Waals surface area (Å²) >= 11 is 0. The minimum atomic E-state index is -2.02. The van der Waals surface area contributed by atoms with Crippen LogP contribution in [0.1, 0.15) is 34.1 Å². The van der Waals surface area contributed by atoms with Crippen LogP contribution in [0.5, 0.6) is 0 Å². The molecule has 2 fully saturated rings. The molecule has 116 valence electrons. The van der Waals surface area contributed by atoms with Crippen LogP contribution in [0.2, 0.25) is 18.1 Å². The van der Waals surface area contributed by atoms with Gasteiger partial charge in [0, 0.05) is 0 Å². The van der Waals surface area contributed by atoms with Crippen molar-refractivity contribution in [3.05, 3.63) is 0 Å². The second kappa shape index (κ2) is 5.09. The van der Waals surface area contributed by atoms with Crippen molar-refractivity contribution in [1.82, 2.24) is 0 Å². The van der Waals surface area contributed by atoms with Gasteiger partial charge in [-0.25, -0.2) is 0 Å². The monoisotopic (exact) mass is 302 g/mol. The van der Waals surface area contributed by atoms with Crippen LogP contribution in [-0.2, 0) is 18.7 Å². The van der Waals surface area contributed by atoms with E-state index in [1.807, 2.05) is 0 Å². The highest BCUT2D eigenvalue weighted by Crippen LogP contribution is 2.42. The lowest BCUT2D eigenvalue weighted by atomic mass is 10.1. The summed E-state index contributed by atoms with van der Waals surface area (Å²) in [4.78, 5) is 11.4. The molecule has 6 heteroatoms. The lowest BCUT2D eigenvalue weighted by Gasteiger charge is -2.40. The maximum atomic E-state index is 11.4. The van der Waals surface area contributed by atoms with Gasteiger partial charge in [-0.05, 0) is 25.1 Å². The minimum Gasteiger partial charge on any atom is -0.457 e. The van der Waals surface area contributed by atoms with Gasteiger partial charge < -0.3 is 19.0 Å². The normalized spacial score (nSPS) is 35.9. The maximum absolute atomic E-state index is 11.4. The number of hydrogen-bond donors (Lipinski definition) is 1. The first kappa shape index (κ1) is 15.9. The van der Waals surface area contributed by atoms with E-state index in [1.54, 1.807) is 6.92 Å². The van der Waals surface area contributed by atoms with E-state index >= 15 is 0 Å². The predicted molar refractivity (Wildman–Crippen MR) is 76.9 cm³/mol. The summed E-state index contributed by atoms with van der Waals surface area (Å²) in [6, 6.07) is 0. The van der Waals surface area contributed by atoms with E-state index in [1.165, 1.54) is 0 Å². The zero-order valence-electron chi connectivity index (χ0n) is 13.2. The standard InChI is InChI=1S/C14H26O5Si/c1-8(15)11-13(19-20(5,6)14(2,3)4)12-9(17-11)7-10(16)18-12/h8-9,11-13,15H,7H2,1-6H3/t8-,9-,11+,12+,13+/m1/s1. The van der Waals surface area contributed by atoms with Crippen molar-refractivity contribution in [2.45, 2.75) is 82.8 Å².